The number of amides is 1. The van der Waals surface area contributed by atoms with Crippen molar-refractivity contribution in [2.45, 2.75) is 44.6 Å². The highest BCUT2D eigenvalue weighted by Crippen LogP contribution is 2.23. The third-order valence-corrected chi connectivity index (χ3v) is 6.24. The van der Waals surface area contributed by atoms with Gasteiger partial charge in [0.1, 0.15) is 18.2 Å². The van der Waals surface area contributed by atoms with Crippen molar-refractivity contribution < 1.29 is 65.6 Å². The summed E-state index contributed by atoms with van der Waals surface area (Å²) in [5.41, 5.74) is 8.02. The molecule has 0 spiro atoms. The number of hydrogen-bond acceptors (Lipinski definition) is 8. The van der Waals surface area contributed by atoms with Gasteiger partial charge in [0.15, 0.2) is 0 Å². The van der Waals surface area contributed by atoms with E-state index in [0.717, 1.165) is 38.0 Å². The van der Waals surface area contributed by atoms with Crippen LogP contribution in [0.2, 0.25) is 0 Å². The van der Waals surface area contributed by atoms with Crippen molar-refractivity contribution in [3.05, 3.63) is 59.4 Å². The number of nitrogens with zero attached hydrogens (tertiary/aromatic N) is 2. The fourth-order valence-corrected chi connectivity index (χ4v) is 3.88. The van der Waals surface area contributed by atoms with E-state index in [1.54, 1.807) is 30.6 Å². The van der Waals surface area contributed by atoms with E-state index < -0.39 is 30.3 Å². The summed E-state index contributed by atoms with van der Waals surface area (Å²) >= 11 is 0. The number of piperidine rings is 1. The summed E-state index contributed by atoms with van der Waals surface area (Å²) < 4.78 is 69.3. The normalized spacial score (nSPS) is 13.6. The van der Waals surface area contributed by atoms with Crippen LogP contribution in [0.5, 0.6) is 5.75 Å². The van der Waals surface area contributed by atoms with Crippen LogP contribution in [0.15, 0.2) is 42.7 Å². The lowest BCUT2D eigenvalue weighted by molar-refractivity contribution is -0.193. The van der Waals surface area contributed by atoms with E-state index in [9.17, 15) is 35.9 Å². The zero-order valence-electron chi connectivity index (χ0n) is 24.6. The third-order valence-electron chi connectivity index (χ3n) is 6.24. The number of hydrogen-bond donors (Lipinski definition) is 6. The number of carboxylic acids is 3. The minimum atomic E-state index is -5.08. The average Bonchev–Trinajstić information content (AvgIpc) is 2.99. The summed E-state index contributed by atoms with van der Waals surface area (Å²) in [7, 11) is 0. The minimum absolute atomic E-state index is 0.00846. The van der Waals surface area contributed by atoms with E-state index in [-0.39, 0.29) is 30.7 Å². The maximum Gasteiger partial charge on any atom is 0.490 e. The number of nitrogen functional groups attached to an aromatic ring is 1. The molecule has 3 rings (SSSR count). The van der Waals surface area contributed by atoms with Crippen molar-refractivity contribution in [1.29, 1.82) is 5.41 Å². The van der Waals surface area contributed by atoms with Gasteiger partial charge in [0.2, 0.25) is 5.91 Å². The average molecular weight is 682 g/mol. The fraction of sp³-hybridized carbons (Fsp3) is 0.429. The highest BCUT2D eigenvalue weighted by Gasteiger charge is 2.38. The molecule has 0 radical (unpaired) electrons. The van der Waals surface area contributed by atoms with E-state index in [0.29, 0.717) is 24.3 Å². The Labute approximate surface area is 263 Å². The summed E-state index contributed by atoms with van der Waals surface area (Å²) in [4.78, 5) is 47.7. The fourth-order valence-electron chi connectivity index (χ4n) is 3.88. The monoisotopic (exact) mass is 681 g/mol. The van der Waals surface area contributed by atoms with Gasteiger partial charge in [-0.3, -0.25) is 24.9 Å². The molecule has 2 heterocycles. The van der Waals surface area contributed by atoms with Crippen LogP contribution in [0.4, 0.5) is 26.3 Å². The number of alkyl halides is 6. The molecule has 13 nitrogen and oxygen atoms in total. The Morgan fingerprint density at radius 2 is 1.49 bits per heavy atom. The van der Waals surface area contributed by atoms with Crippen molar-refractivity contribution in [2.75, 3.05) is 26.2 Å². The van der Waals surface area contributed by atoms with Crippen molar-refractivity contribution in [2.24, 2.45) is 11.7 Å². The van der Waals surface area contributed by atoms with Gasteiger partial charge in [0, 0.05) is 36.8 Å². The van der Waals surface area contributed by atoms with E-state index in [1.165, 1.54) is 5.56 Å². The Morgan fingerprint density at radius 1 is 0.957 bits per heavy atom. The van der Waals surface area contributed by atoms with Gasteiger partial charge in [0.25, 0.3) is 0 Å². The maximum atomic E-state index is 12.6. The molecular weight excluding hydrogens is 648 g/mol. The summed E-state index contributed by atoms with van der Waals surface area (Å²) in [6.07, 6.45) is -4.65. The summed E-state index contributed by atoms with van der Waals surface area (Å²) in [6.45, 7) is 3.21. The molecule has 1 aromatic carbocycles. The second kappa shape index (κ2) is 18.9. The molecule has 1 saturated heterocycles. The number of benzene rings is 1. The first-order valence-corrected chi connectivity index (χ1v) is 13.6. The number of amidine groups is 1. The van der Waals surface area contributed by atoms with Crippen molar-refractivity contribution in [3.63, 3.8) is 0 Å². The van der Waals surface area contributed by atoms with Crippen molar-refractivity contribution in [3.8, 4) is 5.75 Å². The van der Waals surface area contributed by atoms with Crippen molar-refractivity contribution in [1.82, 2.24) is 15.2 Å². The van der Waals surface area contributed by atoms with Gasteiger partial charge in [-0.15, -0.1) is 0 Å². The molecule has 1 aliphatic rings. The molecule has 0 aliphatic carbocycles. The molecule has 19 heteroatoms. The first kappa shape index (κ1) is 40.1. The number of likely N-dealkylation sites (tertiary alicyclic amines) is 1. The predicted octanol–water partition coefficient (Wildman–Crippen LogP) is 3.06. The number of carbonyl (C=O) groups excluding carboxylic acids is 1. The first-order valence-electron chi connectivity index (χ1n) is 13.6. The van der Waals surface area contributed by atoms with Crippen LogP contribution in [0.25, 0.3) is 0 Å². The molecule has 0 bridgehead atoms. The number of carboxylic acid groups (broad SMARTS) is 3. The number of aromatic nitrogens is 1. The van der Waals surface area contributed by atoms with E-state index in [2.05, 4.69) is 15.2 Å². The van der Waals surface area contributed by atoms with Crippen LogP contribution in [0, 0.1) is 11.3 Å². The molecule has 47 heavy (non-hydrogen) atoms. The molecule has 0 unspecified atom stereocenters. The molecule has 0 saturated carbocycles. The highest BCUT2D eigenvalue weighted by molar-refractivity contribution is 5.95. The zero-order chi connectivity index (χ0) is 35.8. The Kier molecular flexibility index (Phi) is 16.1. The van der Waals surface area contributed by atoms with Crippen LogP contribution in [-0.2, 0) is 32.1 Å². The van der Waals surface area contributed by atoms with E-state index in [4.69, 9.17) is 40.8 Å². The Hall–Kier alpha value is -4.94. The molecule has 1 aromatic heterocycles. The smallest absolute Gasteiger partial charge is 0.490 e. The molecule has 0 atom stereocenters. The number of aryl methyl sites for hydroxylation is 1. The number of nitrogens with one attached hydrogen (secondary N) is 2. The lowest BCUT2D eigenvalue weighted by Gasteiger charge is -2.31. The van der Waals surface area contributed by atoms with Crippen LogP contribution in [-0.4, -0.2) is 93.4 Å². The molecule has 2 aromatic rings. The van der Waals surface area contributed by atoms with Gasteiger partial charge in [-0.1, -0.05) is 12.1 Å². The lowest BCUT2D eigenvalue weighted by Crippen LogP contribution is -2.41. The number of aliphatic carboxylic acids is 3. The van der Waals surface area contributed by atoms with Crippen LogP contribution in [0.1, 0.15) is 36.0 Å². The number of nitrogens with two attached hydrogens (primary N) is 1. The van der Waals surface area contributed by atoms with Gasteiger partial charge in [-0.05, 0) is 61.7 Å². The highest BCUT2D eigenvalue weighted by atomic mass is 19.4. The molecule has 1 aliphatic heterocycles. The number of rotatable bonds is 11. The predicted molar refractivity (Wildman–Crippen MR) is 152 cm³/mol. The number of ether oxygens (including phenoxy) is 1. The Morgan fingerprint density at radius 3 is 1.96 bits per heavy atom. The molecule has 1 fully saturated rings. The van der Waals surface area contributed by atoms with Gasteiger partial charge in [0.05, 0.1) is 6.54 Å². The molecule has 260 valence electrons. The number of halogens is 6. The van der Waals surface area contributed by atoms with Gasteiger partial charge >= 0.3 is 30.3 Å². The second-order valence-corrected chi connectivity index (χ2v) is 9.78. The lowest BCUT2D eigenvalue weighted by atomic mass is 9.95. The largest absolute Gasteiger partial charge is 0.491 e. The quantitative estimate of drug-likeness (QED) is 0.0877. The van der Waals surface area contributed by atoms with E-state index in [1.807, 2.05) is 12.1 Å². The van der Waals surface area contributed by atoms with Gasteiger partial charge < -0.3 is 31.1 Å². The molecule has 7 N–H and O–H groups in total. The summed E-state index contributed by atoms with van der Waals surface area (Å²) in [5.74, 6) is -5.98. The Bertz CT molecular complexity index is 1330. The number of carbonyl (C=O) groups is 4. The second-order valence-electron chi connectivity index (χ2n) is 9.78. The SMILES string of the molecule is N=C(N)c1ccc(CCC(=O)O)c(OCCNC(=O)C2CCN(Cc3ccncc3)CC2)c1.O=C(O)C(F)(F)F.O=C(O)C(F)(F)F. The molecular formula is C28H33F6N5O8. The van der Waals surface area contributed by atoms with Gasteiger partial charge in [-0.2, -0.15) is 26.3 Å². The van der Waals surface area contributed by atoms with Crippen LogP contribution < -0.4 is 15.8 Å². The van der Waals surface area contributed by atoms with Crippen LogP contribution >= 0.6 is 0 Å². The summed E-state index contributed by atoms with van der Waals surface area (Å²) in [5, 5.41) is 33.7. The third kappa shape index (κ3) is 16.3. The minimum Gasteiger partial charge on any atom is -0.491 e. The standard InChI is InChI=1S/C24H31N5O4.2C2HF3O2/c25-23(26)20-2-1-18(3-4-22(30)31)21(15-20)33-14-11-28-24(32)19-7-12-29(13-8-19)16-17-5-9-27-10-6-17;2*3-2(4,5)1(6)7/h1-2,5-6,9-10,15,19H,3-4,7-8,11-14,16H2,(H3,25,26)(H,28,32)(H,30,31);2*(H,6,7). The van der Waals surface area contributed by atoms with E-state index >= 15 is 0 Å². The Balaban J connectivity index is 0.000000658. The zero-order valence-corrected chi connectivity index (χ0v) is 24.6. The molecule has 1 amide bonds. The summed E-state index contributed by atoms with van der Waals surface area (Å²) in [6, 6.07) is 9.07. The van der Waals surface area contributed by atoms with Gasteiger partial charge in [-0.25, -0.2) is 9.59 Å². The maximum absolute atomic E-state index is 12.6. The number of pyridine rings is 1. The topological polar surface area (TPSA) is 216 Å². The first-order chi connectivity index (χ1) is 21.8. The van der Waals surface area contributed by atoms with Crippen LogP contribution in [0.3, 0.4) is 0 Å². The van der Waals surface area contributed by atoms with Crippen molar-refractivity contribution >= 4 is 29.7 Å².